The molecule has 7 nitrogen and oxygen atoms in total. The molecular formula is C17H18N2O5. The van der Waals surface area contributed by atoms with Crippen molar-refractivity contribution >= 4 is 11.6 Å². The van der Waals surface area contributed by atoms with Gasteiger partial charge in [0.15, 0.2) is 0 Å². The van der Waals surface area contributed by atoms with Gasteiger partial charge < -0.3 is 14.7 Å². The monoisotopic (exact) mass is 330 g/mol. The highest BCUT2D eigenvalue weighted by Crippen LogP contribution is 2.32. The van der Waals surface area contributed by atoms with Crippen molar-refractivity contribution in [2.24, 2.45) is 0 Å². The van der Waals surface area contributed by atoms with E-state index in [0.29, 0.717) is 17.7 Å². The molecule has 1 amide bonds. The third-order valence-electron chi connectivity index (χ3n) is 3.34. The number of ether oxygens (including phenoxy) is 1. The number of nitrogens with zero attached hydrogens (tertiary/aromatic N) is 2. The van der Waals surface area contributed by atoms with Gasteiger partial charge in [0, 0.05) is 32.3 Å². The van der Waals surface area contributed by atoms with Gasteiger partial charge in [-0.3, -0.25) is 14.9 Å². The van der Waals surface area contributed by atoms with E-state index in [1.54, 1.807) is 38.4 Å². The molecule has 0 radical (unpaired) electrons. The number of nitro groups is 1. The van der Waals surface area contributed by atoms with E-state index in [2.05, 4.69) is 0 Å². The Labute approximate surface area is 139 Å². The molecule has 24 heavy (non-hydrogen) atoms. The first-order chi connectivity index (χ1) is 11.4. The molecule has 0 spiro atoms. The zero-order chi connectivity index (χ0) is 17.7. The van der Waals surface area contributed by atoms with Gasteiger partial charge in [-0.2, -0.15) is 0 Å². The smallest absolute Gasteiger partial charge is 0.311 e. The van der Waals surface area contributed by atoms with E-state index in [1.165, 1.54) is 23.1 Å². The first-order valence-corrected chi connectivity index (χ1v) is 7.30. The molecule has 0 saturated heterocycles. The average Bonchev–Trinajstić information content (AvgIpc) is 2.54. The van der Waals surface area contributed by atoms with Crippen LogP contribution in [0.1, 0.15) is 15.9 Å². The van der Waals surface area contributed by atoms with Crippen LogP contribution in [0.15, 0.2) is 42.5 Å². The maximum Gasteiger partial charge on any atom is 0.311 e. The summed E-state index contributed by atoms with van der Waals surface area (Å²) in [5.41, 5.74) is 0.964. The number of benzene rings is 2. The molecule has 1 N–H and O–H groups in total. The molecule has 0 heterocycles. The Morgan fingerprint density at radius 1 is 1.25 bits per heavy atom. The zero-order valence-corrected chi connectivity index (χ0v) is 13.4. The Bertz CT molecular complexity index is 758. The van der Waals surface area contributed by atoms with E-state index in [1.807, 2.05) is 0 Å². The highest BCUT2D eigenvalue weighted by molar-refractivity contribution is 5.94. The Kier molecular flexibility index (Phi) is 5.49. The molecule has 0 saturated carbocycles. The summed E-state index contributed by atoms with van der Waals surface area (Å²) in [5.74, 6) is 0.205. The lowest BCUT2D eigenvalue weighted by molar-refractivity contribution is -0.385. The van der Waals surface area contributed by atoms with Crippen LogP contribution in [-0.4, -0.2) is 41.5 Å². The van der Waals surface area contributed by atoms with Crippen LogP contribution in [0.4, 0.5) is 5.69 Å². The van der Waals surface area contributed by atoms with Gasteiger partial charge in [-0.25, -0.2) is 0 Å². The van der Waals surface area contributed by atoms with Crippen molar-refractivity contribution in [3.63, 3.8) is 0 Å². The second-order valence-corrected chi connectivity index (χ2v) is 5.36. The number of aliphatic hydroxyl groups excluding tert-OH is 1. The van der Waals surface area contributed by atoms with Gasteiger partial charge >= 0.3 is 5.69 Å². The molecule has 2 aromatic carbocycles. The molecule has 126 valence electrons. The topological polar surface area (TPSA) is 92.9 Å². The molecule has 0 aliphatic heterocycles. The molecule has 0 aliphatic rings. The maximum atomic E-state index is 12.0. The Morgan fingerprint density at radius 2 is 2.00 bits per heavy atom. The van der Waals surface area contributed by atoms with Crippen LogP contribution < -0.4 is 4.74 Å². The molecular weight excluding hydrogens is 312 g/mol. The van der Waals surface area contributed by atoms with Gasteiger partial charge in [0.1, 0.15) is 5.75 Å². The molecule has 7 heteroatoms. The van der Waals surface area contributed by atoms with Crippen molar-refractivity contribution < 1.29 is 19.6 Å². The van der Waals surface area contributed by atoms with Crippen LogP contribution in [0.2, 0.25) is 0 Å². The summed E-state index contributed by atoms with van der Waals surface area (Å²) in [5, 5.41) is 20.2. The molecule has 0 aromatic heterocycles. The summed E-state index contributed by atoms with van der Waals surface area (Å²) >= 11 is 0. The second-order valence-electron chi connectivity index (χ2n) is 5.36. The van der Waals surface area contributed by atoms with Crippen molar-refractivity contribution in [2.45, 2.75) is 6.42 Å². The number of hydrogen-bond acceptors (Lipinski definition) is 5. The van der Waals surface area contributed by atoms with Crippen LogP contribution in [0, 0.1) is 10.1 Å². The van der Waals surface area contributed by atoms with Crippen LogP contribution >= 0.6 is 0 Å². The van der Waals surface area contributed by atoms with Crippen LogP contribution in [0.3, 0.4) is 0 Å². The van der Waals surface area contributed by atoms with Crippen LogP contribution in [0.5, 0.6) is 11.5 Å². The lowest BCUT2D eigenvalue weighted by Gasteiger charge is -2.12. The number of carbonyl (C=O) groups excluding carboxylic acids is 1. The molecule has 2 rings (SSSR count). The van der Waals surface area contributed by atoms with Gasteiger partial charge in [0.2, 0.25) is 5.75 Å². The highest BCUT2D eigenvalue weighted by atomic mass is 16.6. The van der Waals surface area contributed by atoms with E-state index in [9.17, 15) is 14.9 Å². The number of carbonyl (C=O) groups is 1. The fraction of sp³-hybridized carbons (Fsp3) is 0.235. The van der Waals surface area contributed by atoms with Crippen molar-refractivity contribution in [1.82, 2.24) is 4.90 Å². The predicted molar refractivity (Wildman–Crippen MR) is 88.4 cm³/mol. The van der Waals surface area contributed by atoms with Gasteiger partial charge in [-0.05, 0) is 36.2 Å². The van der Waals surface area contributed by atoms with Gasteiger partial charge in [0.25, 0.3) is 5.91 Å². The standard InChI is InChI=1S/C17H18N2O5/c1-18(2)17(21)13-4-3-5-14(11-13)24-16-10-12(8-9-20)6-7-15(16)19(22)23/h3-7,10-11,20H,8-9H2,1-2H3. The summed E-state index contributed by atoms with van der Waals surface area (Å²) in [4.78, 5) is 24.1. The summed E-state index contributed by atoms with van der Waals surface area (Å²) in [6, 6.07) is 10.9. The van der Waals surface area contributed by atoms with Crippen LogP contribution in [0.25, 0.3) is 0 Å². The summed E-state index contributed by atoms with van der Waals surface area (Å²) < 4.78 is 5.63. The van der Waals surface area contributed by atoms with Gasteiger partial charge in [-0.15, -0.1) is 0 Å². The number of hydrogen-bond donors (Lipinski definition) is 1. The quantitative estimate of drug-likeness (QED) is 0.649. The predicted octanol–water partition coefficient (Wildman–Crippen LogP) is 2.62. The van der Waals surface area contributed by atoms with Crippen molar-refractivity contribution in [3.8, 4) is 11.5 Å². The highest BCUT2D eigenvalue weighted by Gasteiger charge is 2.17. The molecule has 2 aromatic rings. The summed E-state index contributed by atoms with van der Waals surface area (Å²) in [7, 11) is 3.28. The van der Waals surface area contributed by atoms with Gasteiger partial charge in [-0.1, -0.05) is 12.1 Å². The summed E-state index contributed by atoms with van der Waals surface area (Å²) in [6.45, 7) is -0.0654. The lowest BCUT2D eigenvalue weighted by Crippen LogP contribution is -2.21. The summed E-state index contributed by atoms with van der Waals surface area (Å²) in [6.07, 6.45) is 0.369. The number of rotatable bonds is 6. The number of amides is 1. The van der Waals surface area contributed by atoms with E-state index in [4.69, 9.17) is 9.84 Å². The van der Waals surface area contributed by atoms with Crippen LogP contribution in [-0.2, 0) is 6.42 Å². The van der Waals surface area contributed by atoms with E-state index >= 15 is 0 Å². The number of nitro benzene ring substituents is 1. The number of aliphatic hydroxyl groups is 1. The molecule has 0 atom stereocenters. The fourth-order valence-electron chi connectivity index (χ4n) is 2.15. The SMILES string of the molecule is CN(C)C(=O)c1cccc(Oc2cc(CCO)ccc2[N+](=O)[O-])c1. The Hall–Kier alpha value is -2.93. The third kappa shape index (κ3) is 4.08. The Balaban J connectivity index is 2.36. The maximum absolute atomic E-state index is 12.0. The normalized spacial score (nSPS) is 10.3. The van der Waals surface area contributed by atoms with Crippen molar-refractivity contribution in [2.75, 3.05) is 20.7 Å². The van der Waals surface area contributed by atoms with E-state index in [0.717, 1.165) is 5.56 Å². The fourth-order valence-corrected chi connectivity index (χ4v) is 2.15. The Morgan fingerprint density at radius 3 is 2.62 bits per heavy atom. The van der Waals surface area contributed by atoms with Crippen molar-refractivity contribution in [1.29, 1.82) is 0 Å². The molecule has 0 unspecified atom stereocenters. The minimum atomic E-state index is -0.535. The van der Waals surface area contributed by atoms with E-state index in [-0.39, 0.29) is 24.0 Å². The minimum absolute atomic E-state index is 0.0654. The lowest BCUT2D eigenvalue weighted by atomic mass is 10.1. The largest absolute Gasteiger partial charge is 0.450 e. The van der Waals surface area contributed by atoms with Crippen molar-refractivity contribution in [3.05, 3.63) is 63.7 Å². The zero-order valence-electron chi connectivity index (χ0n) is 13.4. The molecule has 0 aliphatic carbocycles. The molecule has 0 bridgehead atoms. The third-order valence-corrected chi connectivity index (χ3v) is 3.34. The minimum Gasteiger partial charge on any atom is -0.450 e. The molecule has 0 fully saturated rings. The van der Waals surface area contributed by atoms with E-state index < -0.39 is 4.92 Å². The first kappa shape index (κ1) is 17.4. The van der Waals surface area contributed by atoms with Gasteiger partial charge in [0.05, 0.1) is 4.92 Å². The second kappa shape index (κ2) is 7.56. The first-order valence-electron chi connectivity index (χ1n) is 7.30. The average molecular weight is 330 g/mol.